The van der Waals surface area contributed by atoms with Crippen molar-refractivity contribution >= 4 is 16.8 Å². The lowest BCUT2D eigenvalue weighted by molar-refractivity contribution is 0.0939. The van der Waals surface area contributed by atoms with Gasteiger partial charge in [0.05, 0.1) is 29.0 Å². The molecule has 2 aromatic heterocycles. The minimum atomic E-state index is -0.262. The molecule has 4 aromatic rings. The van der Waals surface area contributed by atoms with Gasteiger partial charge >= 0.3 is 0 Å². The van der Waals surface area contributed by atoms with Gasteiger partial charge in [0.25, 0.3) is 5.91 Å². The van der Waals surface area contributed by atoms with Gasteiger partial charge in [-0.1, -0.05) is 36.4 Å². The van der Waals surface area contributed by atoms with Crippen molar-refractivity contribution in [1.29, 1.82) is 5.26 Å². The first-order chi connectivity index (χ1) is 14.5. The van der Waals surface area contributed by atoms with Gasteiger partial charge < -0.3 is 5.32 Å². The SMILES string of the molecule is Cc1ccccc1C(=O)NC(C)c1cc(-c2c(C#N)cnn2C)nc2ccccc12. The molecule has 1 amide bonds. The fraction of sp³-hybridized carbons (Fsp3) is 0.167. The maximum Gasteiger partial charge on any atom is 0.252 e. The van der Waals surface area contributed by atoms with E-state index in [0.29, 0.717) is 22.5 Å². The van der Waals surface area contributed by atoms with Crippen molar-refractivity contribution in [3.63, 3.8) is 0 Å². The molecule has 0 aliphatic carbocycles. The highest BCUT2D eigenvalue weighted by atomic mass is 16.1. The molecular weight excluding hydrogens is 374 g/mol. The molecule has 2 heterocycles. The number of hydrogen-bond acceptors (Lipinski definition) is 4. The quantitative estimate of drug-likeness (QED) is 0.558. The molecular formula is C24H21N5O. The number of fused-ring (bicyclic) bond motifs is 1. The third-order valence-corrected chi connectivity index (χ3v) is 5.25. The van der Waals surface area contributed by atoms with Gasteiger partial charge in [-0.15, -0.1) is 0 Å². The highest BCUT2D eigenvalue weighted by Gasteiger charge is 2.19. The van der Waals surface area contributed by atoms with E-state index in [1.807, 2.05) is 68.4 Å². The summed E-state index contributed by atoms with van der Waals surface area (Å²) in [4.78, 5) is 17.6. The summed E-state index contributed by atoms with van der Waals surface area (Å²) < 4.78 is 1.65. The molecule has 4 rings (SSSR count). The van der Waals surface area contributed by atoms with Gasteiger partial charge in [-0.05, 0) is 43.2 Å². The summed E-state index contributed by atoms with van der Waals surface area (Å²) in [7, 11) is 1.79. The topological polar surface area (TPSA) is 83.6 Å². The first-order valence-electron chi connectivity index (χ1n) is 9.68. The van der Waals surface area contributed by atoms with Crippen molar-refractivity contribution in [1.82, 2.24) is 20.1 Å². The Hall–Kier alpha value is -3.98. The van der Waals surface area contributed by atoms with Gasteiger partial charge in [-0.25, -0.2) is 4.98 Å². The van der Waals surface area contributed by atoms with Crippen molar-refractivity contribution in [2.24, 2.45) is 7.05 Å². The zero-order valence-electron chi connectivity index (χ0n) is 17.0. The van der Waals surface area contributed by atoms with Crippen LogP contribution in [0.3, 0.4) is 0 Å². The van der Waals surface area contributed by atoms with Crippen molar-refractivity contribution < 1.29 is 4.79 Å². The van der Waals surface area contributed by atoms with E-state index in [1.54, 1.807) is 11.7 Å². The summed E-state index contributed by atoms with van der Waals surface area (Å²) in [6, 6.07) is 19.2. The van der Waals surface area contributed by atoms with Crippen LogP contribution in [0.1, 0.15) is 40.0 Å². The number of nitrogens with zero attached hydrogens (tertiary/aromatic N) is 4. The van der Waals surface area contributed by atoms with Gasteiger partial charge in [0.15, 0.2) is 0 Å². The molecule has 0 aliphatic heterocycles. The minimum Gasteiger partial charge on any atom is -0.345 e. The van der Waals surface area contributed by atoms with Gasteiger partial charge in [-0.2, -0.15) is 10.4 Å². The molecule has 0 fully saturated rings. The number of pyridine rings is 1. The molecule has 1 atom stereocenters. The molecule has 0 spiro atoms. The van der Waals surface area contributed by atoms with Gasteiger partial charge in [0.1, 0.15) is 11.8 Å². The largest absolute Gasteiger partial charge is 0.345 e. The van der Waals surface area contributed by atoms with Crippen LogP contribution < -0.4 is 5.32 Å². The predicted molar refractivity (Wildman–Crippen MR) is 116 cm³/mol. The Morgan fingerprint density at radius 1 is 1.17 bits per heavy atom. The molecule has 0 saturated heterocycles. The zero-order chi connectivity index (χ0) is 21.3. The summed E-state index contributed by atoms with van der Waals surface area (Å²) in [6.45, 7) is 3.88. The fourth-order valence-electron chi connectivity index (χ4n) is 3.68. The van der Waals surface area contributed by atoms with Crippen molar-refractivity contribution in [3.05, 3.63) is 83.0 Å². The third-order valence-electron chi connectivity index (χ3n) is 5.25. The van der Waals surface area contributed by atoms with E-state index >= 15 is 0 Å². The molecule has 0 bridgehead atoms. The summed E-state index contributed by atoms with van der Waals surface area (Å²) in [6.07, 6.45) is 1.54. The molecule has 2 aromatic carbocycles. The van der Waals surface area contributed by atoms with Crippen LogP contribution in [-0.4, -0.2) is 20.7 Å². The fourth-order valence-corrected chi connectivity index (χ4v) is 3.68. The number of aromatic nitrogens is 3. The van der Waals surface area contributed by atoms with E-state index in [4.69, 9.17) is 4.98 Å². The van der Waals surface area contributed by atoms with Gasteiger partial charge in [0, 0.05) is 18.0 Å². The summed E-state index contributed by atoms with van der Waals surface area (Å²) in [5.74, 6) is -0.124. The van der Waals surface area contributed by atoms with Crippen LogP contribution in [0, 0.1) is 18.3 Å². The summed E-state index contributed by atoms with van der Waals surface area (Å²) in [5.41, 5.74) is 5.08. The number of rotatable bonds is 4. The Morgan fingerprint density at radius 3 is 2.67 bits per heavy atom. The normalized spacial score (nSPS) is 11.8. The number of nitriles is 1. The number of carbonyl (C=O) groups is 1. The van der Waals surface area contributed by atoms with Crippen LogP contribution in [0.25, 0.3) is 22.3 Å². The number of carbonyl (C=O) groups excluding carboxylic acids is 1. The first-order valence-corrected chi connectivity index (χ1v) is 9.68. The van der Waals surface area contributed by atoms with E-state index in [-0.39, 0.29) is 11.9 Å². The highest BCUT2D eigenvalue weighted by molar-refractivity contribution is 5.96. The lowest BCUT2D eigenvalue weighted by Gasteiger charge is -2.18. The van der Waals surface area contributed by atoms with Crippen LogP contribution in [0.4, 0.5) is 0 Å². The summed E-state index contributed by atoms with van der Waals surface area (Å²) in [5, 5.41) is 17.7. The van der Waals surface area contributed by atoms with Gasteiger partial charge in [-0.3, -0.25) is 9.48 Å². The zero-order valence-corrected chi connectivity index (χ0v) is 17.0. The molecule has 1 N–H and O–H groups in total. The Labute approximate surface area is 174 Å². The molecule has 6 nitrogen and oxygen atoms in total. The number of para-hydroxylation sites is 1. The van der Waals surface area contributed by atoms with Crippen molar-refractivity contribution in [2.75, 3.05) is 0 Å². The minimum absolute atomic E-state index is 0.124. The summed E-state index contributed by atoms with van der Waals surface area (Å²) >= 11 is 0. The van der Waals surface area contributed by atoms with Crippen LogP contribution >= 0.6 is 0 Å². The monoisotopic (exact) mass is 395 g/mol. The maximum atomic E-state index is 12.9. The number of benzene rings is 2. The lowest BCUT2D eigenvalue weighted by atomic mass is 9.99. The number of amides is 1. The number of aryl methyl sites for hydroxylation is 2. The van der Waals surface area contributed by atoms with E-state index in [2.05, 4.69) is 16.5 Å². The average molecular weight is 395 g/mol. The molecule has 30 heavy (non-hydrogen) atoms. The van der Waals surface area contributed by atoms with E-state index in [9.17, 15) is 10.1 Å². The van der Waals surface area contributed by atoms with E-state index < -0.39 is 0 Å². The third kappa shape index (κ3) is 3.42. The van der Waals surface area contributed by atoms with Gasteiger partial charge in [0.2, 0.25) is 0 Å². The maximum absolute atomic E-state index is 12.9. The Kier molecular flexibility index (Phi) is 5.03. The van der Waals surface area contributed by atoms with Crippen LogP contribution in [0.15, 0.2) is 60.8 Å². The van der Waals surface area contributed by atoms with E-state index in [0.717, 1.165) is 22.0 Å². The second-order valence-electron chi connectivity index (χ2n) is 7.27. The molecule has 0 saturated carbocycles. The molecule has 0 radical (unpaired) electrons. The Balaban J connectivity index is 1.80. The molecule has 6 heteroatoms. The lowest BCUT2D eigenvalue weighted by Crippen LogP contribution is -2.27. The Bertz CT molecular complexity index is 1300. The second kappa shape index (κ2) is 7.80. The molecule has 148 valence electrons. The second-order valence-corrected chi connectivity index (χ2v) is 7.27. The Morgan fingerprint density at radius 2 is 1.90 bits per heavy atom. The highest BCUT2D eigenvalue weighted by Crippen LogP contribution is 2.30. The first kappa shape index (κ1) is 19.3. The van der Waals surface area contributed by atoms with Crippen molar-refractivity contribution in [3.8, 4) is 17.5 Å². The average Bonchev–Trinajstić information content (AvgIpc) is 3.13. The number of nitrogens with one attached hydrogen (secondary N) is 1. The van der Waals surface area contributed by atoms with Crippen LogP contribution in [0.2, 0.25) is 0 Å². The smallest absolute Gasteiger partial charge is 0.252 e. The van der Waals surface area contributed by atoms with Crippen molar-refractivity contribution in [2.45, 2.75) is 19.9 Å². The predicted octanol–water partition coefficient (Wildman–Crippen LogP) is 4.31. The standard InChI is InChI=1S/C24H21N5O/c1-15-8-4-5-9-18(15)24(30)27-16(2)20-12-22(23-17(13-25)14-26-29(23)3)28-21-11-7-6-10-19(20)21/h4-12,14,16H,1-3H3,(H,27,30). The molecule has 0 aliphatic rings. The number of hydrogen-bond donors (Lipinski definition) is 1. The van der Waals surface area contributed by atoms with E-state index in [1.165, 1.54) is 6.20 Å². The van der Waals surface area contributed by atoms with Crippen LogP contribution in [0.5, 0.6) is 0 Å². The van der Waals surface area contributed by atoms with Crippen LogP contribution in [-0.2, 0) is 7.05 Å². The molecule has 1 unspecified atom stereocenters.